The highest BCUT2D eigenvalue weighted by molar-refractivity contribution is 5.83. The van der Waals surface area contributed by atoms with E-state index in [2.05, 4.69) is 24.3 Å². The molecule has 0 saturated carbocycles. The quantitative estimate of drug-likeness (QED) is 0.343. The fourth-order valence-electron chi connectivity index (χ4n) is 3.47. The monoisotopic (exact) mass is 362 g/mol. The molecule has 0 amide bonds. The summed E-state index contributed by atoms with van der Waals surface area (Å²) >= 11 is 0. The van der Waals surface area contributed by atoms with E-state index in [4.69, 9.17) is 0 Å². The van der Waals surface area contributed by atoms with Crippen molar-refractivity contribution in [2.45, 2.75) is 12.1 Å². The van der Waals surface area contributed by atoms with Crippen LogP contribution < -0.4 is 0 Å². The first-order chi connectivity index (χ1) is 13.0. The SMILES string of the molecule is FC(F)(F)c1ccc([C@@H](c2ccccc2)c2ccc3ccccc3c2)cc1. The lowest BCUT2D eigenvalue weighted by Gasteiger charge is -2.20. The van der Waals surface area contributed by atoms with Gasteiger partial charge in [-0.15, -0.1) is 0 Å². The zero-order valence-corrected chi connectivity index (χ0v) is 14.4. The van der Waals surface area contributed by atoms with Crippen LogP contribution in [0.2, 0.25) is 0 Å². The number of benzene rings is 4. The normalized spacial score (nSPS) is 12.9. The Bertz CT molecular complexity index is 1050. The van der Waals surface area contributed by atoms with E-state index in [-0.39, 0.29) is 5.92 Å². The molecule has 3 heteroatoms. The summed E-state index contributed by atoms with van der Waals surface area (Å²) < 4.78 is 38.8. The topological polar surface area (TPSA) is 0 Å². The maximum atomic E-state index is 12.9. The molecule has 0 aliphatic heterocycles. The molecule has 0 fully saturated rings. The molecular formula is C24H17F3. The fourth-order valence-corrected chi connectivity index (χ4v) is 3.47. The third-order valence-electron chi connectivity index (χ3n) is 4.81. The highest BCUT2D eigenvalue weighted by atomic mass is 19.4. The zero-order chi connectivity index (χ0) is 18.9. The summed E-state index contributed by atoms with van der Waals surface area (Å²) in [6, 6.07) is 29.7. The molecule has 0 radical (unpaired) electrons. The van der Waals surface area contributed by atoms with Crippen molar-refractivity contribution in [3.05, 3.63) is 119 Å². The Hall–Kier alpha value is -3.07. The van der Waals surface area contributed by atoms with Crippen molar-refractivity contribution >= 4 is 10.8 Å². The summed E-state index contributed by atoms with van der Waals surface area (Å²) in [5, 5.41) is 2.25. The molecule has 0 aromatic heterocycles. The standard InChI is InChI=1S/C24H17F3/c25-24(26,27)22-14-12-19(13-15-22)23(18-7-2-1-3-8-18)21-11-10-17-6-4-5-9-20(17)16-21/h1-16,23H/t23-/m1/s1. The first-order valence-corrected chi connectivity index (χ1v) is 8.73. The van der Waals surface area contributed by atoms with Gasteiger partial charge in [0.05, 0.1) is 5.56 Å². The number of rotatable bonds is 3. The van der Waals surface area contributed by atoms with Crippen LogP contribution in [0.4, 0.5) is 13.2 Å². The minimum absolute atomic E-state index is 0.127. The van der Waals surface area contributed by atoms with Crippen LogP contribution in [0.3, 0.4) is 0 Å². The van der Waals surface area contributed by atoms with Crippen LogP contribution in [0.5, 0.6) is 0 Å². The molecular weight excluding hydrogens is 345 g/mol. The first kappa shape index (κ1) is 17.3. The van der Waals surface area contributed by atoms with Crippen LogP contribution in [0.15, 0.2) is 97.1 Å². The van der Waals surface area contributed by atoms with Crippen molar-refractivity contribution in [3.63, 3.8) is 0 Å². The zero-order valence-electron chi connectivity index (χ0n) is 14.4. The van der Waals surface area contributed by atoms with Crippen LogP contribution in [0, 0.1) is 0 Å². The smallest absolute Gasteiger partial charge is 0.166 e. The fraction of sp³-hybridized carbons (Fsp3) is 0.0833. The van der Waals surface area contributed by atoms with E-state index >= 15 is 0 Å². The van der Waals surface area contributed by atoms with E-state index in [0.29, 0.717) is 0 Å². The van der Waals surface area contributed by atoms with Crippen LogP contribution in [-0.2, 0) is 6.18 Å². The molecule has 4 aromatic rings. The van der Waals surface area contributed by atoms with Crippen molar-refractivity contribution < 1.29 is 13.2 Å². The highest BCUT2D eigenvalue weighted by Crippen LogP contribution is 2.35. The molecule has 27 heavy (non-hydrogen) atoms. The highest BCUT2D eigenvalue weighted by Gasteiger charge is 2.30. The van der Waals surface area contributed by atoms with Crippen molar-refractivity contribution in [1.29, 1.82) is 0 Å². The van der Waals surface area contributed by atoms with Gasteiger partial charge in [0, 0.05) is 5.92 Å². The Morgan fingerprint density at radius 2 is 1.07 bits per heavy atom. The minimum atomic E-state index is -4.33. The van der Waals surface area contributed by atoms with Crippen LogP contribution in [0.25, 0.3) is 10.8 Å². The average molecular weight is 362 g/mol. The third-order valence-corrected chi connectivity index (χ3v) is 4.81. The number of hydrogen-bond acceptors (Lipinski definition) is 0. The first-order valence-electron chi connectivity index (χ1n) is 8.73. The number of halogens is 3. The largest absolute Gasteiger partial charge is 0.416 e. The second-order valence-electron chi connectivity index (χ2n) is 6.57. The molecule has 0 saturated heterocycles. The van der Waals surface area contributed by atoms with Crippen molar-refractivity contribution in [2.24, 2.45) is 0 Å². The van der Waals surface area contributed by atoms with E-state index < -0.39 is 11.7 Å². The maximum Gasteiger partial charge on any atom is 0.416 e. The Balaban J connectivity index is 1.84. The molecule has 4 rings (SSSR count). The molecule has 134 valence electrons. The Labute approximate surface area is 155 Å². The summed E-state index contributed by atoms with van der Waals surface area (Å²) in [6.45, 7) is 0. The number of fused-ring (bicyclic) bond motifs is 1. The van der Waals surface area contributed by atoms with Gasteiger partial charge < -0.3 is 0 Å². The molecule has 0 heterocycles. The van der Waals surface area contributed by atoms with E-state index in [1.165, 1.54) is 0 Å². The van der Waals surface area contributed by atoms with E-state index in [1.807, 2.05) is 48.5 Å². The van der Waals surface area contributed by atoms with Crippen molar-refractivity contribution in [1.82, 2.24) is 0 Å². The lowest BCUT2D eigenvalue weighted by molar-refractivity contribution is -0.137. The predicted molar refractivity (Wildman–Crippen MR) is 103 cm³/mol. The van der Waals surface area contributed by atoms with Crippen LogP contribution in [-0.4, -0.2) is 0 Å². The van der Waals surface area contributed by atoms with Gasteiger partial charge >= 0.3 is 6.18 Å². The van der Waals surface area contributed by atoms with Gasteiger partial charge in [0.15, 0.2) is 0 Å². The lowest BCUT2D eigenvalue weighted by Crippen LogP contribution is -2.07. The molecule has 4 aromatic carbocycles. The van der Waals surface area contributed by atoms with Crippen LogP contribution in [0.1, 0.15) is 28.2 Å². The van der Waals surface area contributed by atoms with Crippen LogP contribution >= 0.6 is 0 Å². The molecule has 0 unspecified atom stereocenters. The molecule has 0 spiro atoms. The number of hydrogen-bond donors (Lipinski definition) is 0. The van der Waals surface area contributed by atoms with Gasteiger partial charge in [-0.05, 0) is 39.6 Å². The summed E-state index contributed by atoms with van der Waals surface area (Å²) in [5.74, 6) is -0.127. The van der Waals surface area contributed by atoms with E-state index in [0.717, 1.165) is 39.6 Å². The second kappa shape index (κ2) is 6.92. The summed E-state index contributed by atoms with van der Waals surface area (Å²) in [5.41, 5.74) is 2.31. The van der Waals surface area contributed by atoms with E-state index in [9.17, 15) is 13.2 Å². The maximum absolute atomic E-state index is 12.9. The van der Waals surface area contributed by atoms with Gasteiger partial charge in [-0.2, -0.15) is 13.2 Å². The molecule has 0 aliphatic rings. The van der Waals surface area contributed by atoms with Gasteiger partial charge in [-0.3, -0.25) is 0 Å². The molecule has 0 aliphatic carbocycles. The lowest BCUT2D eigenvalue weighted by atomic mass is 9.84. The molecule has 1 atom stereocenters. The van der Waals surface area contributed by atoms with Gasteiger partial charge in [0.25, 0.3) is 0 Å². The molecule has 0 bridgehead atoms. The summed E-state index contributed by atoms with van der Waals surface area (Å²) in [6.07, 6.45) is -4.33. The van der Waals surface area contributed by atoms with E-state index in [1.54, 1.807) is 12.1 Å². The minimum Gasteiger partial charge on any atom is -0.166 e. The summed E-state index contributed by atoms with van der Waals surface area (Å²) in [4.78, 5) is 0. The van der Waals surface area contributed by atoms with Gasteiger partial charge in [0.2, 0.25) is 0 Å². The molecule has 0 nitrogen and oxygen atoms in total. The second-order valence-corrected chi connectivity index (χ2v) is 6.57. The van der Waals surface area contributed by atoms with Gasteiger partial charge in [0.1, 0.15) is 0 Å². The summed E-state index contributed by atoms with van der Waals surface area (Å²) in [7, 11) is 0. The Morgan fingerprint density at radius 1 is 0.519 bits per heavy atom. The predicted octanol–water partition coefficient (Wildman–Crippen LogP) is 7.04. The molecule has 0 N–H and O–H groups in total. The van der Waals surface area contributed by atoms with Crippen molar-refractivity contribution in [3.8, 4) is 0 Å². The Morgan fingerprint density at radius 3 is 1.74 bits per heavy atom. The average Bonchev–Trinajstić information content (AvgIpc) is 2.69. The van der Waals surface area contributed by atoms with Gasteiger partial charge in [-0.1, -0.05) is 84.9 Å². The number of alkyl halides is 3. The van der Waals surface area contributed by atoms with Crippen molar-refractivity contribution in [2.75, 3.05) is 0 Å². The van der Waals surface area contributed by atoms with Gasteiger partial charge in [-0.25, -0.2) is 0 Å². The Kier molecular flexibility index (Phi) is 4.44. The third kappa shape index (κ3) is 3.59.